The second-order valence-electron chi connectivity index (χ2n) is 5.06. The van der Waals surface area contributed by atoms with Crippen molar-refractivity contribution in [2.24, 2.45) is 5.73 Å². The van der Waals surface area contributed by atoms with E-state index < -0.39 is 15.9 Å². The minimum atomic E-state index is -3.64. The van der Waals surface area contributed by atoms with Crippen LogP contribution >= 0.6 is 12.4 Å². The molecule has 0 saturated carbocycles. The SMILES string of the molecule is CCN(CC)S(=O)(=O)c1ccc(OC)c(C(=O)N[C@@H](C)CN)c1.Cl. The Labute approximate surface area is 150 Å². The Hall–Kier alpha value is -1.35. The summed E-state index contributed by atoms with van der Waals surface area (Å²) < 4.78 is 31.7. The van der Waals surface area contributed by atoms with E-state index >= 15 is 0 Å². The Morgan fingerprint density at radius 1 is 1.33 bits per heavy atom. The van der Waals surface area contributed by atoms with Gasteiger partial charge in [0.25, 0.3) is 5.91 Å². The number of nitrogens with zero attached hydrogens (tertiary/aromatic N) is 1. The fourth-order valence-electron chi connectivity index (χ4n) is 2.10. The van der Waals surface area contributed by atoms with Crippen molar-refractivity contribution < 1.29 is 17.9 Å². The lowest BCUT2D eigenvalue weighted by Gasteiger charge is -2.20. The molecule has 0 aliphatic carbocycles. The van der Waals surface area contributed by atoms with Gasteiger partial charge in [0.15, 0.2) is 0 Å². The van der Waals surface area contributed by atoms with Gasteiger partial charge in [0, 0.05) is 25.7 Å². The van der Waals surface area contributed by atoms with Crippen molar-refractivity contribution in [1.29, 1.82) is 0 Å². The fourth-order valence-corrected chi connectivity index (χ4v) is 3.58. The number of nitrogens with two attached hydrogens (primary N) is 1. The fraction of sp³-hybridized carbons (Fsp3) is 0.533. The van der Waals surface area contributed by atoms with Gasteiger partial charge in [0.2, 0.25) is 10.0 Å². The second-order valence-corrected chi connectivity index (χ2v) is 7.00. The molecule has 0 unspecified atom stereocenters. The number of hydrogen-bond donors (Lipinski definition) is 2. The number of benzene rings is 1. The van der Waals surface area contributed by atoms with Crippen molar-refractivity contribution in [2.45, 2.75) is 31.7 Å². The summed E-state index contributed by atoms with van der Waals surface area (Å²) in [5.74, 6) is -0.110. The summed E-state index contributed by atoms with van der Waals surface area (Å²) in [6.07, 6.45) is 0. The standard InChI is InChI=1S/C15H25N3O4S.ClH/c1-5-18(6-2)23(20,21)12-7-8-14(22-4)13(9-12)15(19)17-11(3)10-16;/h7-9,11H,5-6,10,16H2,1-4H3,(H,17,19);1H/t11-;/m0./s1. The van der Waals surface area contributed by atoms with E-state index in [1.807, 2.05) is 0 Å². The zero-order chi connectivity index (χ0) is 17.6. The predicted molar refractivity (Wildman–Crippen MR) is 96.3 cm³/mol. The highest BCUT2D eigenvalue weighted by Crippen LogP contribution is 2.24. The Bertz CT molecular complexity index is 648. The first kappa shape index (κ1) is 22.6. The topological polar surface area (TPSA) is 102 Å². The molecule has 0 bridgehead atoms. The number of carbonyl (C=O) groups is 1. The molecule has 0 spiro atoms. The third kappa shape index (κ3) is 5.07. The zero-order valence-electron chi connectivity index (χ0n) is 14.4. The van der Waals surface area contributed by atoms with E-state index in [-0.39, 0.29) is 35.5 Å². The first-order valence-electron chi connectivity index (χ1n) is 7.50. The minimum absolute atomic E-state index is 0. The Morgan fingerprint density at radius 3 is 2.38 bits per heavy atom. The highest BCUT2D eigenvalue weighted by Gasteiger charge is 2.24. The molecule has 0 aliphatic rings. The number of amides is 1. The summed E-state index contributed by atoms with van der Waals surface area (Å²) in [6, 6.07) is 4.04. The van der Waals surface area contributed by atoms with Crippen LogP contribution < -0.4 is 15.8 Å². The van der Waals surface area contributed by atoms with Gasteiger partial charge in [-0.2, -0.15) is 4.31 Å². The van der Waals surface area contributed by atoms with E-state index in [0.29, 0.717) is 18.8 Å². The summed E-state index contributed by atoms with van der Waals surface area (Å²) in [4.78, 5) is 12.4. The molecule has 0 radical (unpaired) electrons. The summed E-state index contributed by atoms with van der Waals surface area (Å²) in [6.45, 7) is 6.29. The number of methoxy groups -OCH3 is 1. The van der Waals surface area contributed by atoms with Crippen LogP contribution in [-0.2, 0) is 10.0 Å². The van der Waals surface area contributed by atoms with E-state index in [2.05, 4.69) is 5.32 Å². The van der Waals surface area contributed by atoms with Crippen molar-refractivity contribution in [2.75, 3.05) is 26.7 Å². The minimum Gasteiger partial charge on any atom is -0.496 e. The average molecular weight is 380 g/mol. The predicted octanol–water partition coefficient (Wildman–Crippen LogP) is 1.22. The molecule has 0 aliphatic heterocycles. The van der Waals surface area contributed by atoms with Gasteiger partial charge in [-0.15, -0.1) is 12.4 Å². The van der Waals surface area contributed by atoms with E-state index in [0.717, 1.165) is 0 Å². The maximum Gasteiger partial charge on any atom is 0.255 e. The lowest BCUT2D eigenvalue weighted by molar-refractivity contribution is 0.0938. The Kier molecular flexibility index (Phi) is 9.27. The molecule has 1 amide bonds. The molecule has 0 heterocycles. The first-order chi connectivity index (χ1) is 10.8. The molecule has 1 aromatic rings. The van der Waals surface area contributed by atoms with Crippen LogP contribution in [0.1, 0.15) is 31.1 Å². The smallest absolute Gasteiger partial charge is 0.255 e. The monoisotopic (exact) mass is 379 g/mol. The van der Waals surface area contributed by atoms with Gasteiger partial charge in [-0.25, -0.2) is 8.42 Å². The van der Waals surface area contributed by atoms with Gasteiger partial charge < -0.3 is 15.8 Å². The van der Waals surface area contributed by atoms with Crippen LogP contribution in [0.25, 0.3) is 0 Å². The van der Waals surface area contributed by atoms with Gasteiger partial charge in [0.05, 0.1) is 17.6 Å². The molecular weight excluding hydrogens is 354 g/mol. The zero-order valence-corrected chi connectivity index (χ0v) is 16.0. The normalized spacial score (nSPS) is 12.4. The number of hydrogen-bond acceptors (Lipinski definition) is 5. The van der Waals surface area contributed by atoms with Gasteiger partial charge in [-0.05, 0) is 25.1 Å². The molecule has 9 heteroatoms. The molecular formula is C15H26ClN3O4S. The third-order valence-electron chi connectivity index (χ3n) is 3.49. The number of rotatable bonds is 8. The van der Waals surface area contributed by atoms with Crippen LogP contribution in [-0.4, -0.2) is 51.4 Å². The summed E-state index contributed by atoms with van der Waals surface area (Å²) >= 11 is 0. The van der Waals surface area contributed by atoms with Crippen molar-refractivity contribution in [3.05, 3.63) is 23.8 Å². The number of sulfonamides is 1. The third-order valence-corrected chi connectivity index (χ3v) is 5.54. The van der Waals surface area contributed by atoms with E-state index in [1.54, 1.807) is 20.8 Å². The van der Waals surface area contributed by atoms with Crippen molar-refractivity contribution in [1.82, 2.24) is 9.62 Å². The highest BCUT2D eigenvalue weighted by molar-refractivity contribution is 7.89. The van der Waals surface area contributed by atoms with Crippen LogP contribution in [0.4, 0.5) is 0 Å². The molecule has 3 N–H and O–H groups in total. The molecule has 24 heavy (non-hydrogen) atoms. The van der Waals surface area contributed by atoms with Crippen LogP contribution in [0.2, 0.25) is 0 Å². The van der Waals surface area contributed by atoms with Crippen LogP contribution in [0.3, 0.4) is 0 Å². The Morgan fingerprint density at radius 2 is 1.92 bits per heavy atom. The molecule has 7 nitrogen and oxygen atoms in total. The second kappa shape index (κ2) is 9.83. The van der Waals surface area contributed by atoms with Gasteiger partial charge >= 0.3 is 0 Å². The molecule has 0 saturated heterocycles. The van der Waals surface area contributed by atoms with Crippen molar-refractivity contribution in [3.63, 3.8) is 0 Å². The summed E-state index contributed by atoms with van der Waals surface area (Å²) in [5, 5.41) is 2.70. The first-order valence-corrected chi connectivity index (χ1v) is 8.94. The molecule has 1 aromatic carbocycles. The van der Waals surface area contributed by atoms with E-state index in [1.165, 1.54) is 29.6 Å². The number of ether oxygens (including phenoxy) is 1. The van der Waals surface area contributed by atoms with Gasteiger partial charge in [-0.3, -0.25) is 4.79 Å². The Balaban J connectivity index is 0.00000529. The number of carbonyl (C=O) groups excluding carboxylic acids is 1. The largest absolute Gasteiger partial charge is 0.496 e. The summed E-state index contributed by atoms with van der Waals surface area (Å²) in [7, 11) is -2.22. The van der Waals surface area contributed by atoms with Crippen molar-refractivity contribution >= 4 is 28.3 Å². The highest BCUT2D eigenvalue weighted by atomic mass is 35.5. The maximum atomic E-state index is 12.6. The lowest BCUT2D eigenvalue weighted by Crippen LogP contribution is -2.38. The van der Waals surface area contributed by atoms with E-state index in [4.69, 9.17) is 10.5 Å². The van der Waals surface area contributed by atoms with Crippen molar-refractivity contribution in [3.8, 4) is 5.75 Å². The molecule has 1 atom stereocenters. The van der Waals surface area contributed by atoms with E-state index in [9.17, 15) is 13.2 Å². The maximum absolute atomic E-state index is 12.6. The van der Waals surface area contributed by atoms with Gasteiger partial charge in [-0.1, -0.05) is 13.8 Å². The number of halogens is 1. The lowest BCUT2D eigenvalue weighted by atomic mass is 10.1. The summed E-state index contributed by atoms with van der Waals surface area (Å²) in [5.41, 5.74) is 5.66. The molecule has 0 fully saturated rings. The average Bonchev–Trinajstić information content (AvgIpc) is 2.54. The quantitative estimate of drug-likeness (QED) is 0.707. The molecule has 0 aromatic heterocycles. The number of nitrogens with one attached hydrogen (secondary N) is 1. The van der Waals surface area contributed by atoms with Crippen LogP contribution in [0.15, 0.2) is 23.1 Å². The van der Waals surface area contributed by atoms with Crippen LogP contribution in [0, 0.1) is 0 Å². The van der Waals surface area contributed by atoms with Crippen LogP contribution in [0.5, 0.6) is 5.75 Å². The molecule has 1 rings (SSSR count). The molecule has 138 valence electrons. The van der Waals surface area contributed by atoms with Gasteiger partial charge in [0.1, 0.15) is 5.75 Å².